The van der Waals surface area contributed by atoms with Crippen LogP contribution in [0.3, 0.4) is 0 Å². The molecule has 1 saturated carbocycles. The average molecular weight is 339 g/mol. The van der Waals surface area contributed by atoms with E-state index in [1.807, 2.05) is 35.4 Å². The van der Waals surface area contributed by atoms with Crippen molar-refractivity contribution in [1.82, 2.24) is 15.2 Å². The van der Waals surface area contributed by atoms with Gasteiger partial charge in [0.25, 0.3) is 5.91 Å². The zero-order valence-electron chi connectivity index (χ0n) is 14.5. The summed E-state index contributed by atoms with van der Waals surface area (Å²) in [6, 6.07) is 8.05. The summed E-state index contributed by atoms with van der Waals surface area (Å²) in [6.45, 7) is 1.26. The van der Waals surface area contributed by atoms with Crippen molar-refractivity contribution in [3.05, 3.63) is 36.0 Å². The minimum Gasteiger partial charge on any atom is -0.361 e. The maximum Gasteiger partial charge on any atom is 0.253 e. The van der Waals surface area contributed by atoms with Gasteiger partial charge < -0.3 is 15.2 Å². The molecule has 0 bridgehead atoms. The van der Waals surface area contributed by atoms with Crippen molar-refractivity contribution in [2.24, 2.45) is 5.92 Å². The van der Waals surface area contributed by atoms with Gasteiger partial charge in [0, 0.05) is 41.8 Å². The highest BCUT2D eigenvalue weighted by molar-refractivity contribution is 5.98. The van der Waals surface area contributed by atoms with E-state index in [2.05, 4.69) is 10.3 Å². The summed E-state index contributed by atoms with van der Waals surface area (Å²) in [6.07, 6.45) is 8.25. The van der Waals surface area contributed by atoms with Crippen molar-refractivity contribution in [1.29, 1.82) is 0 Å². The van der Waals surface area contributed by atoms with Crippen LogP contribution in [0.2, 0.25) is 0 Å². The molecular weight excluding hydrogens is 314 g/mol. The molecule has 1 atom stereocenters. The third kappa shape index (κ3) is 3.41. The molecule has 1 aliphatic carbocycles. The first-order valence-corrected chi connectivity index (χ1v) is 9.37. The quantitative estimate of drug-likeness (QED) is 0.902. The van der Waals surface area contributed by atoms with Crippen LogP contribution in [0, 0.1) is 5.92 Å². The van der Waals surface area contributed by atoms with Gasteiger partial charge in [-0.2, -0.15) is 0 Å². The lowest BCUT2D eigenvalue weighted by Gasteiger charge is -2.32. The number of aromatic nitrogens is 1. The number of nitrogens with zero attached hydrogens (tertiary/aromatic N) is 1. The highest BCUT2D eigenvalue weighted by Crippen LogP contribution is 2.23. The van der Waals surface area contributed by atoms with E-state index >= 15 is 0 Å². The number of benzene rings is 1. The molecule has 25 heavy (non-hydrogen) atoms. The van der Waals surface area contributed by atoms with Gasteiger partial charge in [0.1, 0.15) is 0 Å². The first-order chi connectivity index (χ1) is 12.2. The van der Waals surface area contributed by atoms with Crippen LogP contribution in [0.15, 0.2) is 30.5 Å². The minimum absolute atomic E-state index is 0.0291. The van der Waals surface area contributed by atoms with Crippen LogP contribution in [0.5, 0.6) is 0 Å². The number of carbonyl (C=O) groups is 2. The van der Waals surface area contributed by atoms with E-state index in [1.165, 1.54) is 12.8 Å². The molecule has 2 amide bonds. The lowest BCUT2D eigenvalue weighted by atomic mass is 9.96. The molecule has 132 valence electrons. The topological polar surface area (TPSA) is 65.2 Å². The van der Waals surface area contributed by atoms with Crippen LogP contribution >= 0.6 is 0 Å². The molecule has 1 aliphatic heterocycles. The second kappa shape index (κ2) is 6.90. The SMILES string of the molecule is O=C(NC1CCCC1)[C@H]1CCCN(C(=O)c2ccc3[nH]ccc3c2)C1. The molecule has 2 heterocycles. The van der Waals surface area contributed by atoms with Crippen LogP contribution in [-0.2, 0) is 4.79 Å². The Kier molecular flexibility index (Phi) is 4.47. The first kappa shape index (κ1) is 16.2. The Morgan fingerprint density at radius 3 is 2.76 bits per heavy atom. The van der Waals surface area contributed by atoms with Gasteiger partial charge in [0.2, 0.25) is 5.91 Å². The van der Waals surface area contributed by atoms with Gasteiger partial charge >= 0.3 is 0 Å². The molecular formula is C20H25N3O2. The number of fused-ring (bicyclic) bond motifs is 1. The van der Waals surface area contributed by atoms with E-state index in [-0.39, 0.29) is 17.7 Å². The highest BCUT2D eigenvalue weighted by atomic mass is 16.2. The molecule has 5 heteroatoms. The fourth-order valence-corrected chi connectivity index (χ4v) is 4.13. The summed E-state index contributed by atoms with van der Waals surface area (Å²) in [4.78, 5) is 30.4. The van der Waals surface area contributed by atoms with Crippen molar-refractivity contribution < 1.29 is 9.59 Å². The predicted octanol–water partition coefficient (Wildman–Crippen LogP) is 3.08. The number of hydrogen-bond acceptors (Lipinski definition) is 2. The molecule has 0 spiro atoms. The summed E-state index contributed by atoms with van der Waals surface area (Å²) in [5.41, 5.74) is 1.73. The molecule has 1 saturated heterocycles. The summed E-state index contributed by atoms with van der Waals surface area (Å²) >= 11 is 0. The lowest BCUT2D eigenvalue weighted by molar-refractivity contribution is -0.127. The molecule has 5 nitrogen and oxygen atoms in total. The number of hydrogen-bond donors (Lipinski definition) is 2. The number of piperidine rings is 1. The molecule has 0 unspecified atom stereocenters. The van der Waals surface area contributed by atoms with E-state index in [0.717, 1.165) is 43.1 Å². The normalized spacial score (nSPS) is 21.6. The molecule has 0 radical (unpaired) electrons. The number of nitrogens with one attached hydrogen (secondary N) is 2. The van der Waals surface area contributed by atoms with Gasteiger partial charge in [-0.15, -0.1) is 0 Å². The zero-order chi connectivity index (χ0) is 17.2. The third-order valence-electron chi connectivity index (χ3n) is 5.58. The van der Waals surface area contributed by atoms with Crippen LogP contribution in [0.4, 0.5) is 0 Å². The number of amides is 2. The Hall–Kier alpha value is -2.30. The number of rotatable bonds is 3. The lowest BCUT2D eigenvalue weighted by Crippen LogP contribution is -2.47. The third-order valence-corrected chi connectivity index (χ3v) is 5.58. The Morgan fingerprint density at radius 1 is 1.08 bits per heavy atom. The van der Waals surface area contributed by atoms with Crippen molar-refractivity contribution >= 4 is 22.7 Å². The minimum atomic E-state index is -0.0747. The van der Waals surface area contributed by atoms with Gasteiger partial charge in [-0.05, 0) is 49.9 Å². The summed E-state index contributed by atoms with van der Waals surface area (Å²) in [5, 5.41) is 4.23. The van der Waals surface area contributed by atoms with Gasteiger partial charge in [0.05, 0.1) is 5.92 Å². The maximum atomic E-state index is 12.9. The molecule has 2 N–H and O–H groups in total. The average Bonchev–Trinajstić information content (AvgIpc) is 3.32. The molecule has 2 aliphatic rings. The second-order valence-corrected chi connectivity index (χ2v) is 7.36. The Balaban J connectivity index is 1.42. The van der Waals surface area contributed by atoms with Gasteiger partial charge in [-0.1, -0.05) is 12.8 Å². The van der Waals surface area contributed by atoms with Gasteiger partial charge in [0.15, 0.2) is 0 Å². The van der Waals surface area contributed by atoms with Gasteiger partial charge in [-0.3, -0.25) is 9.59 Å². The van der Waals surface area contributed by atoms with Crippen molar-refractivity contribution in [2.45, 2.75) is 44.6 Å². The van der Waals surface area contributed by atoms with Crippen LogP contribution in [-0.4, -0.2) is 40.8 Å². The van der Waals surface area contributed by atoms with Gasteiger partial charge in [-0.25, -0.2) is 0 Å². The number of likely N-dealkylation sites (tertiary alicyclic amines) is 1. The molecule has 2 fully saturated rings. The molecule has 2 aromatic rings. The van der Waals surface area contributed by atoms with Crippen LogP contribution < -0.4 is 5.32 Å². The van der Waals surface area contributed by atoms with E-state index in [4.69, 9.17) is 0 Å². The monoisotopic (exact) mass is 339 g/mol. The fourth-order valence-electron chi connectivity index (χ4n) is 4.13. The van der Waals surface area contributed by atoms with Crippen molar-refractivity contribution in [3.8, 4) is 0 Å². The summed E-state index contributed by atoms with van der Waals surface area (Å²) in [5.74, 6) is 0.0845. The smallest absolute Gasteiger partial charge is 0.253 e. The van der Waals surface area contributed by atoms with Crippen molar-refractivity contribution in [2.75, 3.05) is 13.1 Å². The number of aromatic amines is 1. The maximum absolute atomic E-state index is 12.9. The van der Waals surface area contributed by atoms with E-state index in [0.29, 0.717) is 18.2 Å². The second-order valence-electron chi connectivity index (χ2n) is 7.36. The highest BCUT2D eigenvalue weighted by Gasteiger charge is 2.30. The first-order valence-electron chi connectivity index (χ1n) is 9.37. The standard InChI is InChI=1S/C20H25N3O2/c24-19(22-17-5-1-2-6-17)16-4-3-11-23(13-16)20(25)15-7-8-18-14(12-15)9-10-21-18/h7-10,12,16-17,21H,1-6,11,13H2,(H,22,24)/t16-/m0/s1. The Bertz CT molecular complexity index is 776. The summed E-state index contributed by atoms with van der Waals surface area (Å²) < 4.78 is 0. The molecule has 4 rings (SSSR count). The number of carbonyl (C=O) groups excluding carboxylic acids is 2. The molecule has 1 aromatic carbocycles. The predicted molar refractivity (Wildman–Crippen MR) is 97.3 cm³/mol. The van der Waals surface area contributed by atoms with Crippen LogP contribution in [0.25, 0.3) is 10.9 Å². The summed E-state index contributed by atoms with van der Waals surface area (Å²) in [7, 11) is 0. The Morgan fingerprint density at radius 2 is 1.92 bits per heavy atom. The largest absolute Gasteiger partial charge is 0.361 e. The van der Waals surface area contributed by atoms with Crippen molar-refractivity contribution in [3.63, 3.8) is 0 Å². The zero-order valence-corrected chi connectivity index (χ0v) is 14.5. The fraction of sp³-hybridized carbons (Fsp3) is 0.500. The molecule has 1 aromatic heterocycles. The van der Waals surface area contributed by atoms with E-state index in [1.54, 1.807) is 0 Å². The van der Waals surface area contributed by atoms with E-state index in [9.17, 15) is 9.59 Å². The van der Waals surface area contributed by atoms with Crippen LogP contribution in [0.1, 0.15) is 48.9 Å². The van der Waals surface area contributed by atoms with E-state index < -0.39 is 0 Å². The number of H-pyrrole nitrogens is 1. The Labute approximate surface area is 147 Å².